The second-order valence-electron chi connectivity index (χ2n) is 4.77. The Morgan fingerprint density at radius 2 is 2.00 bits per heavy atom. The summed E-state index contributed by atoms with van der Waals surface area (Å²) in [6.45, 7) is -0.322. The van der Waals surface area contributed by atoms with E-state index in [1.807, 2.05) is 0 Å². The third-order valence-corrected chi connectivity index (χ3v) is 3.24. The van der Waals surface area contributed by atoms with Crippen molar-refractivity contribution < 1.29 is 14.8 Å². The SMILES string of the molecule is COCC(O)Cn1c([N+](=O)[O-])nc2c1c(=O)n(C)c(=O)n2C. The largest absolute Gasteiger partial charge is 0.437 e. The van der Waals surface area contributed by atoms with Crippen LogP contribution in [0.2, 0.25) is 0 Å². The molecule has 0 amide bonds. The summed E-state index contributed by atoms with van der Waals surface area (Å²) >= 11 is 0. The Bertz CT molecular complexity index is 847. The van der Waals surface area contributed by atoms with Gasteiger partial charge in [-0.15, -0.1) is 0 Å². The molecule has 2 heterocycles. The fraction of sp³-hybridized carbons (Fsp3) is 0.545. The summed E-state index contributed by atoms with van der Waals surface area (Å²) in [5.41, 5.74) is -1.59. The van der Waals surface area contributed by atoms with Gasteiger partial charge < -0.3 is 20.0 Å². The Balaban J connectivity index is 2.82. The van der Waals surface area contributed by atoms with Crippen LogP contribution in [0.15, 0.2) is 9.59 Å². The lowest BCUT2D eigenvalue weighted by Crippen LogP contribution is -2.38. The van der Waals surface area contributed by atoms with Crippen molar-refractivity contribution in [1.29, 1.82) is 0 Å². The van der Waals surface area contributed by atoms with Gasteiger partial charge in [-0.25, -0.2) is 9.36 Å². The molecule has 0 aliphatic carbocycles. The first-order valence-electron chi connectivity index (χ1n) is 6.27. The lowest BCUT2D eigenvalue weighted by molar-refractivity contribution is -0.396. The van der Waals surface area contributed by atoms with Crippen LogP contribution in [-0.4, -0.2) is 48.5 Å². The molecule has 0 aliphatic heterocycles. The third kappa shape index (κ3) is 2.40. The topological polar surface area (TPSA) is 134 Å². The van der Waals surface area contributed by atoms with Crippen molar-refractivity contribution in [2.24, 2.45) is 14.1 Å². The normalized spacial score (nSPS) is 12.7. The number of imidazole rings is 1. The molecular formula is C11H15N5O6. The molecule has 0 aromatic carbocycles. The number of ether oxygens (including phenoxy) is 1. The Hall–Kier alpha value is -2.53. The maximum atomic E-state index is 12.3. The maximum absolute atomic E-state index is 12.3. The maximum Gasteiger partial charge on any atom is 0.437 e. The zero-order chi connectivity index (χ0) is 16.6. The van der Waals surface area contributed by atoms with Gasteiger partial charge in [-0.05, 0) is 9.91 Å². The van der Waals surface area contributed by atoms with Crippen LogP contribution in [0, 0.1) is 10.1 Å². The van der Waals surface area contributed by atoms with Crippen LogP contribution < -0.4 is 11.2 Å². The standard InChI is InChI=1S/C11H15N5O6/c1-13-8-7(9(18)14(2)11(13)19)15(4-6(17)5-22-3)10(12-8)16(20)21/h6,17H,4-5H2,1-3H3. The van der Waals surface area contributed by atoms with Crippen molar-refractivity contribution >= 4 is 17.1 Å². The number of aliphatic hydroxyl groups excluding tert-OH is 1. The number of aryl methyl sites for hydroxylation is 1. The van der Waals surface area contributed by atoms with E-state index in [0.29, 0.717) is 0 Å². The van der Waals surface area contributed by atoms with Crippen molar-refractivity contribution in [3.05, 3.63) is 31.0 Å². The quantitative estimate of drug-likeness (QED) is 0.516. The molecule has 1 N–H and O–H groups in total. The molecule has 0 aliphatic rings. The number of aliphatic hydroxyl groups is 1. The minimum atomic E-state index is -1.07. The van der Waals surface area contributed by atoms with Gasteiger partial charge >= 0.3 is 11.6 Å². The Kier molecular flexibility index (Phi) is 4.10. The number of hydrogen-bond acceptors (Lipinski definition) is 7. The molecule has 0 spiro atoms. The Labute approximate surface area is 123 Å². The van der Waals surface area contributed by atoms with Gasteiger partial charge in [0.25, 0.3) is 11.2 Å². The van der Waals surface area contributed by atoms with Gasteiger partial charge in [0.05, 0.1) is 6.61 Å². The van der Waals surface area contributed by atoms with Crippen molar-refractivity contribution in [2.45, 2.75) is 12.6 Å². The molecular weight excluding hydrogens is 298 g/mol. The van der Waals surface area contributed by atoms with Gasteiger partial charge in [0.2, 0.25) is 5.52 Å². The number of hydrogen-bond donors (Lipinski definition) is 1. The van der Waals surface area contributed by atoms with Crippen LogP contribution in [0.25, 0.3) is 11.2 Å². The molecule has 1 unspecified atom stereocenters. The molecule has 120 valence electrons. The van der Waals surface area contributed by atoms with Crippen LogP contribution in [0.4, 0.5) is 5.95 Å². The predicted octanol–water partition coefficient (Wildman–Crippen LogP) is -1.65. The minimum absolute atomic E-state index is 0.0666. The zero-order valence-corrected chi connectivity index (χ0v) is 12.2. The summed E-state index contributed by atoms with van der Waals surface area (Å²) in [6, 6.07) is 0. The number of rotatable bonds is 5. The number of aromatic nitrogens is 4. The van der Waals surface area contributed by atoms with Crippen molar-refractivity contribution in [1.82, 2.24) is 18.7 Å². The third-order valence-electron chi connectivity index (χ3n) is 3.24. The fourth-order valence-electron chi connectivity index (χ4n) is 2.20. The summed E-state index contributed by atoms with van der Waals surface area (Å²) < 4.78 is 7.63. The van der Waals surface area contributed by atoms with Gasteiger partial charge in [0, 0.05) is 21.2 Å². The molecule has 0 radical (unpaired) electrons. The lowest BCUT2D eigenvalue weighted by atomic mass is 10.3. The van der Waals surface area contributed by atoms with E-state index in [9.17, 15) is 24.8 Å². The predicted molar refractivity (Wildman–Crippen MR) is 74.8 cm³/mol. The number of fused-ring (bicyclic) bond motifs is 1. The van der Waals surface area contributed by atoms with E-state index in [1.165, 1.54) is 21.2 Å². The molecule has 2 aromatic heterocycles. The van der Waals surface area contributed by atoms with Gasteiger partial charge in [-0.3, -0.25) is 13.9 Å². The first-order chi connectivity index (χ1) is 10.3. The van der Waals surface area contributed by atoms with Gasteiger partial charge in [-0.2, -0.15) is 0 Å². The molecule has 2 rings (SSSR count). The highest BCUT2D eigenvalue weighted by atomic mass is 16.6. The Morgan fingerprint density at radius 3 is 2.55 bits per heavy atom. The van der Waals surface area contributed by atoms with Gasteiger partial charge in [0.15, 0.2) is 0 Å². The van der Waals surface area contributed by atoms with Crippen molar-refractivity contribution in [2.75, 3.05) is 13.7 Å². The van der Waals surface area contributed by atoms with Crippen LogP contribution in [-0.2, 0) is 25.4 Å². The molecule has 0 bridgehead atoms. The average Bonchev–Trinajstić information content (AvgIpc) is 2.82. The second-order valence-corrected chi connectivity index (χ2v) is 4.77. The van der Waals surface area contributed by atoms with Gasteiger partial charge in [-0.1, -0.05) is 0 Å². The van der Waals surface area contributed by atoms with E-state index in [-0.39, 0.29) is 24.3 Å². The summed E-state index contributed by atoms with van der Waals surface area (Å²) in [6.07, 6.45) is -1.07. The van der Waals surface area contributed by atoms with E-state index >= 15 is 0 Å². The average molecular weight is 313 g/mol. The highest BCUT2D eigenvalue weighted by molar-refractivity contribution is 5.72. The van der Waals surface area contributed by atoms with Gasteiger partial charge in [0.1, 0.15) is 12.6 Å². The second kappa shape index (κ2) is 5.69. The van der Waals surface area contributed by atoms with Crippen LogP contribution >= 0.6 is 0 Å². The number of nitro groups is 1. The molecule has 0 saturated heterocycles. The van der Waals surface area contributed by atoms with Crippen molar-refractivity contribution in [3.63, 3.8) is 0 Å². The molecule has 11 nitrogen and oxygen atoms in total. The summed E-state index contributed by atoms with van der Waals surface area (Å²) in [5.74, 6) is -0.622. The molecule has 11 heteroatoms. The molecule has 0 saturated carbocycles. The summed E-state index contributed by atoms with van der Waals surface area (Å²) in [7, 11) is 3.99. The van der Waals surface area contributed by atoms with Crippen LogP contribution in [0.5, 0.6) is 0 Å². The Morgan fingerprint density at radius 1 is 1.36 bits per heavy atom. The molecule has 0 fully saturated rings. The fourth-order valence-corrected chi connectivity index (χ4v) is 2.20. The monoisotopic (exact) mass is 313 g/mol. The van der Waals surface area contributed by atoms with Crippen molar-refractivity contribution in [3.8, 4) is 0 Å². The van der Waals surface area contributed by atoms with E-state index in [4.69, 9.17) is 4.74 Å². The summed E-state index contributed by atoms with van der Waals surface area (Å²) in [5, 5.41) is 20.9. The zero-order valence-electron chi connectivity index (χ0n) is 12.2. The molecule has 1 atom stereocenters. The first-order valence-corrected chi connectivity index (χ1v) is 6.27. The van der Waals surface area contributed by atoms with Crippen LogP contribution in [0.3, 0.4) is 0 Å². The smallest absolute Gasteiger partial charge is 0.390 e. The number of nitrogens with zero attached hydrogens (tertiary/aromatic N) is 5. The van der Waals surface area contributed by atoms with Crippen LogP contribution in [0.1, 0.15) is 0 Å². The minimum Gasteiger partial charge on any atom is -0.390 e. The number of methoxy groups -OCH3 is 1. The van der Waals surface area contributed by atoms with E-state index < -0.39 is 28.2 Å². The van der Waals surface area contributed by atoms with E-state index in [0.717, 1.165) is 13.7 Å². The molecule has 22 heavy (non-hydrogen) atoms. The molecule has 2 aromatic rings. The first kappa shape index (κ1) is 15.9. The highest BCUT2D eigenvalue weighted by Gasteiger charge is 2.29. The highest BCUT2D eigenvalue weighted by Crippen LogP contribution is 2.18. The van der Waals surface area contributed by atoms with E-state index in [2.05, 4.69) is 4.98 Å². The summed E-state index contributed by atoms with van der Waals surface area (Å²) in [4.78, 5) is 38.2. The lowest BCUT2D eigenvalue weighted by Gasteiger charge is -2.09. The van der Waals surface area contributed by atoms with E-state index in [1.54, 1.807) is 0 Å².